The molecule has 1 N–H and O–H groups in total. The molecule has 1 rings (SSSR count). The van der Waals surface area contributed by atoms with Gasteiger partial charge in [-0.25, -0.2) is 13.1 Å². The summed E-state index contributed by atoms with van der Waals surface area (Å²) in [6.07, 6.45) is 3.14. The highest BCUT2D eigenvalue weighted by molar-refractivity contribution is 7.90. The Morgan fingerprint density at radius 2 is 2.06 bits per heavy atom. The third-order valence-corrected chi connectivity index (χ3v) is 5.07. The lowest BCUT2D eigenvalue weighted by atomic mass is 9.76. The van der Waals surface area contributed by atoms with Gasteiger partial charge in [0.1, 0.15) is 0 Å². The van der Waals surface area contributed by atoms with Crippen molar-refractivity contribution in [3.63, 3.8) is 0 Å². The van der Waals surface area contributed by atoms with Gasteiger partial charge in [0, 0.05) is 12.1 Å². The van der Waals surface area contributed by atoms with E-state index in [9.17, 15) is 8.42 Å². The highest BCUT2D eigenvalue weighted by Gasteiger charge is 2.40. The van der Waals surface area contributed by atoms with Crippen molar-refractivity contribution in [2.75, 3.05) is 20.6 Å². The van der Waals surface area contributed by atoms with Crippen molar-refractivity contribution in [1.29, 1.82) is 5.26 Å². The summed E-state index contributed by atoms with van der Waals surface area (Å²) in [4.78, 5) is 2.07. The molecule has 0 radical (unpaired) electrons. The van der Waals surface area contributed by atoms with Crippen LogP contribution in [0.2, 0.25) is 0 Å². The number of nitrogens with zero attached hydrogens (tertiary/aromatic N) is 2. The Hall–Kier alpha value is -0.640. The number of hydrogen-bond acceptors (Lipinski definition) is 4. The normalized spacial score (nSPS) is 21.2. The van der Waals surface area contributed by atoms with Gasteiger partial charge in [-0.1, -0.05) is 0 Å². The van der Waals surface area contributed by atoms with Gasteiger partial charge in [-0.05, 0) is 40.3 Å². The summed E-state index contributed by atoms with van der Waals surface area (Å²) in [5.41, 5.74) is -0.0533. The zero-order valence-electron chi connectivity index (χ0n) is 10.0. The van der Waals surface area contributed by atoms with E-state index in [2.05, 4.69) is 9.62 Å². The van der Waals surface area contributed by atoms with Crippen molar-refractivity contribution in [2.24, 2.45) is 0 Å². The van der Waals surface area contributed by atoms with Gasteiger partial charge in [0.15, 0.2) is 5.25 Å². The molecule has 0 bridgehead atoms. The minimum Gasteiger partial charge on any atom is -0.302 e. The summed E-state index contributed by atoms with van der Waals surface area (Å²) >= 11 is 0. The van der Waals surface area contributed by atoms with E-state index < -0.39 is 15.3 Å². The molecule has 16 heavy (non-hydrogen) atoms. The van der Waals surface area contributed by atoms with E-state index in [0.717, 1.165) is 19.3 Å². The number of nitrogens with one attached hydrogen (secondary N) is 1. The summed E-state index contributed by atoms with van der Waals surface area (Å²) < 4.78 is 25.8. The quantitative estimate of drug-likeness (QED) is 0.756. The summed E-state index contributed by atoms with van der Waals surface area (Å²) in [5.74, 6) is 0. The molecule has 0 aliphatic heterocycles. The fraction of sp³-hybridized carbons (Fsp3) is 0.900. The van der Waals surface area contributed by atoms with Crippen molar-refractivity contribution >= 4 is 10.0 Å². The van der Waals surface area contributed by atoms with Crippen LogP contribution in [0.15, 0.2) is 0 Å². The molecule has 0 aromatic carbocycles. The molecular formula is C10H19N3O2S. The highest BCUT2D eigenvalue weighted by Crippen LogP contribution is 2.35. The van der Waals surface area contributed by atoms with Crippen LogP contribution in [0.4, 0.5) is 0 Å². The summed E-state index contributed by atoms with van der Waals surface area (Å²) in [5, 5.41) is 7.61. The highest BCUT2D eigenvalue weighted by atomic mass is 32.2. The molecular weight excluding hydrogens is 226 g/mol. The second kappa shape index (κ2) is 4.70. The van der Waals surface area contributed by atoms with Gasteiger partial charge in [-0.15, -0.1) is 0 Å². The zero-order chi connectivity index (χ0) is 12.4. The molecule has 6 heteroatoms. The molecule has 0 amide bonds. The van der Waals surface area contributed by atoms with Gasteiger partial charge in [-0.3, -0.25) is 0 Å². The third kappa shape index (κ3) is 2.54. The van der Waals surface area contributed by atoms with E-state index in [1.807, 2.05) is 14.1 Å². The lowest BCUT2D eigenvalue weighted by Crippen LogP contribution is -2.57. The summed E-state index contributed by atoms with van der Waals surface area (Å²) in [6, 6.07) is 1.74. The second-order valence-corrected chi connectivity index (χ2v) is 6.70. The first-order chi connectivity index (χ1) is 7.34. The predicted octanol–water partition coefficient (Wildman–Crippen LogP) is 0.302. The standard InChI is InChI=1S/C10H19N3O2S/c1-9(7-11)16(14,15)12-8-10(13(2)3)5-4-6-10/h9,12H,4-6,8H2,1-3H3. The molecule has 1 atom stereocenters. The van der Waals surface area contributed by atoms with Gasteiger partial charge in [0.2, 0.25) is 10.0 Å². The number of hydrogen-bond donors (Lipinski definition) is 1. The Kier molecular flexibility index (Phi) is 3.94. The Morgan fingerprint density at radius 1 is 1.50 bits per heavy atom. The molecule has 5 nitrogen and oxygen atoms in total. The Balaban J connectivity index is 2.61. The lowest BCUT2D eigenvalue weighted by molar-refractivity contribution is 0.0656. The molecule has 1 aliphatic rings. The maximum absolute atomic E-state index is 11.6. The number of rotatable bonds is 5. The topological polar surface area (TPSA) is 73.2 Å². The Labute approximate surface area is 97.5 Å². The van der Waals surface area contributed by atoms with E-state index in [1.165, 1.54) is 6.92 Å². The van der Waals surface area contributed by atoms with E-state index in [0.29, 0.717) is 6.54 Å². The summed E-state index contributed by atoms with van der Waals surface area (Å²) in [6.45, 7) is 1.79. The van der Waals surface area contributed by atoms with E-state index in [1.54, 1.807) is 6.07 Å². The SMILES string of the molecule is CC(C#N)S(=O)(=O)NCC1(N(C)C)CCC1. The van der Waals surface area contributed by atoms with Crippen LogP contribution in [-0.2, 0) is 10.0 Å². The van der Waals surface area contributed by atoms with Crippen molar-refractivity contribution in [2.45, 2.75) is 37.0 Å². The number of nitriles is 1. The first kappa shape index (κ1) is 13.4. The molecule has 0 saturated heterocycles. The molecule has 0 heterocycles. The zero-order valence-corrected chi connectivity index (χ0v) is 10.8. The molecule has 1 fully saturated rings. The number of likely N-dealkylation sites (N-methyl/N-ethyl adjacent to an activating group) is 1. The molecule has 1 saturated carbocycles. The second-order valence-electron chi connectivity index (χ2n) is 4.61. The van der Waals surface area contributed by atoms with Crippen molar-refractivity contribution in [3.8, 4) is 6.07 Å². The van der Waals surface area contributed by atoms with Crippen LogP contribution in [0.3, 0.4) is 0 Å². The van der Waals surface area contributed by atoms with Crippen LogP contribution < -0.4 is 4.72 Å². The van der Waals surface area contributed by atoms with Gasteiger partial charge in [0.25, 0.3) is 0 Å². The predicted molar refractivity (Wildman–Crippen MR) is 62.3 cm³/mol. The van der Waals surface area contributed by atoms with Crippen LogP contribution in [0.1, 0.15) is 26.2 Å². The first-order valence-corrected chi connectivity index (χ1v) is 6.94. The van der Waals surface area contributed by atoms with E-state index in [-0.39, 0.29) is 5.54 Å². The van der Waals surface area contributed by atoms with Crippen LogP contribution in [0.25, 0.3) is 0 Å². The van der Waals surface area contributed by atoms with E-state index >= 15 is 0 Å². The Morgan fingerprint density at radius 3 is 2.38 bits per heavy atom. The van der Waals surface area contributed by atoms with Gasteiger partial charge >= 0.3 is 0 Å². The summed E-state index contributed by atoms with van der Waals surface area (Å²) in [7, 11) is 0.428. The fourth-order valence-corrected chi connectivity index (χ4v) is 2.65. The van der Waals surface area contributed by atoms with E-state index in [4.69, 9.17) is 5.26 Å². The molecule has 0 spiro atoms. The third-order valence-electron chi connectivity index (χ3n) is 3.48. The smallest absolute Gasteiger partial charge is 0.227 e. The van der Waals surface area contributed by atoms with Crippen LogP contribution in [0.5, 0.6) is 0 Å². The maximum Gasteiger partial charge on any atom is 0.227 e. The van der Waals surface area contributed by atoms with Crippen LogP contribution in [-0.4, -0.2) is 44.7 Å². The molecule has 0 aromatic rings. The van der Waals surface area contributed by atoms with Crippen molar-refractivity contribution < 1.29 is 8.42 Å². The molecule has 1 aliphatic carbocycles. The Bertz CT molecular complexity index is 379. The number of sulfonamides is 1. The van der Waals surface area contributed by atoms with Gasteiger partial charge in [0.05, 0.1) is 6.07 Å². The fourth-order valence-electron chi connectivity index (χ4n) is 1.80. The minimum atomic E-state index is -3.49. The lowest BCUT2D eigenvalue weighted by Gasteiger charge is -2.47. The van der Waals surface area contributed by atoms with Gasteiger partial charge in [-0.2, -0.15) is 5.26 Å². The average molecular weight is 245 g/mol. The maximum atomic E-state index is 11.6. The average Bonchev–Trinajstić information content (AvgIpc) is 2.14. The first-order valence-electron chi connectivity index (χ1n) is 5.40. The van der Waals surface area contributed by atoms with Crippen molar-refractivity contribution in [1.82, 2.24) is 9.62 Å². The molecule has 92 valence electrons. The minimum absolute atomic E-state index is 0.0533. The monoisotopic (exact) mass is 245 g/mol. The molecule has 1 unspecified atom stereocenters. The van der Waals surface area contributed by atoms with Crippen molar-refractivity contribution in [3.05, 3.63) is 0 Å². The largest absolute Gasteiger partial charge is 0.302 e. The van der Waals surface area contributed by atoms with Crippen LogP contribution >= 0.6 is 0 Å². The van der Waals surface area contributed by atoms with Crippen LogP contribution in [0, 0.1) is 11.3 Å². The van der Waals surface area contributed by atoms with Gasteiger partial charge < -0.3 is 4.90 Å². The molecule has 0 aromatic heterocycles.